The molecule has 0 unspecified atom stereocenters. The Balaban J connectivity index is 2.42. The van der Waals surface area contributed by atoms with Crippen LogP contribution in [0.5, 0.6) is 0 Å². The summed E-state index contributed by atoms with van der Waals surface area (Å²) in [7, 11) is 0. The maximum absolute atomic E-state index is 5.75. The van der Waals surface area contributed by atoms with Gasteiger partial charge in [-0.25, -0.2) is 9.97 Å². The summed E-state index contributed by atoms with van der Waals surface area (Å²) in [5.41, 5.74) is 2.08. The molecule has 0 saturated heterocycles. The maximum Gasteiger partial charge on any atom is 0.159 e. The Morgan fingerprint density at radius 2 is 1.86 bits per heavy atom. The van der Waals surface area contributed by atoms with Crippen LogP contribution in [0.2, 0.25) is 0 Å². The highest BCUT2D eigenvalue weighted by Crippen LogP contribution is 2.16. The fourth-order valence-electron chi connectivity index (χ4n) is 1.24. The van der Waals surface area contributed by atoms with Gasteiger partial charge in [-0.2, -0.15) is 0 Å². The van der Waals surface area contributed by atoms with Crippen molar-refractivity contribution in [3.63, 3.8) is 0 Å². The van der Waals surface area contributed by atoms with E-state index >= 15 is 0 Å². The van der Waals surface area contributed by atoms with Gasteiger partial charge in [0.05, 0.1) is 0 Å². The molecule has 0 fully saturated rings. The second-order valence-electron chi connectivity index (χ2n) is 2.91. The van der Waals surface area contributed by atoms with Crippen LogP contribution >= 0.6 is 11.6 Å². The van der Waals surface area contributed by atoms with Gasteiger partial charge in [-0.05, 0) is 17.7 Å². The van der Waals surface area contributed by atoms with Crippen LogP contribution in [0.3, 0.4) is 0 Å². The molecule has 0 atom stereocenters. The molecule has 2 rings (SSSR count). The molecule has 0 radical (unpaired) electrons. The van der Waals surface area contributed by atoms with Gasteiger partial charge in [0.25, 0.3) is 0 Å². The number of aromatic nitrogens is 2. The van der Waals surface area contributed by atoms with E-state index in [-0.39, 0.29) is 0 Å². The Hall–Kier alpha value is -1.41. The number of rotatable bonds is 2. The van der Waals surface area contributed by atoms with Crippen molar-refractivity contribution in [3.05, 3.63) is 48.3 Å². The highest BCUT2D eigenvalue weighted by Gasteiger charge is 1.99. The molecule has 1 heterocycles. The molecule has 70 valence electrons. The van der Waals surface area contributed by atoms with E-state index in [2.05, 4.69) is 9.97 Å². The summed E-state index contributed by atoms with van der Waals surface area (Å²) in [6, 6.07) is 9.73. The summed E-state index contributed by atoms with van der Waals surface area (Å²) < 4.78 is 0. The molecule has 2 nitrogen and oxygen atoms in total. The van der Waals surface area contributed by atoms with Crippen molar-refractivity contribution >= 4 is 11.6 Å². The van der Waals surface area contributed by atoms with E-state index < -0.39 is 0 Å². The standard InChI is InChI=1S/C11H9ClN2/c12-8-9-3-1-4-10(7-9)11-13-5-2-6-14-11/h1-7H,8H2. The summed E-state index contributed by atoms with van der Waals surface area (Å²) in [5.74, 6) is 1.25. The van der Waals surface area contributed by atoms with Crippen molar-refractivity contribution in [1.82, 2.24) is 9.97 Å². The van der Waals surface area contributed by atoms with Gasteiger partial charge in [0.2, 0.25) is 0 Å². The van der Waals surface area contributed by atoms with Crippen LogP contribution in [0.1, 0.15) is 5.56 Å². The van der Waals surface area contributed by atoms with E-state index in [1.807, 2.05) is 24.3 Å². The normalized spacial score (nSPS) is 10.1. The lowest BCUT2D eigenvalue weighted by Crippen LogP contribution is -1.87. The van der Waals surface area contributed by atoms with Gasteiger partial charge in [0.1, 0.15) is 0 Å². The lowest BCUT2D eigenvalue weighted by atomic mass is 10.1. The highest BCUT2D eigenvalue weighted by molar-refractivity contribution is 6.17. The molecule has 0 aliphatic rings. The predicted octanol–water partition coefficient (Wildman–Crippen LogP) is 2.88. The van der Waals surface area contributed by atoms with Crippen molar-refractivity contribution in [3.8, 4) is 11.4 Å². The monoisotopic (exact) mass is 204 g/mol. The van der Waals surface area contributed by atoms with Crippen molar-refractivity contribution < 1.29 is 0 Å². The van der Waals surface area contributed by atoms with Gasteiger partial charge < -0.3 is 0 Å². The maximum atomic E-state index is 5.75. The minimum absolute atomic E-state index is 0.515. The molecular weight excluding hydrogens is 196 g/mol. The van der Waals surface area contributed by atoms with Gasteiger partial charge in [0, 0.05) is 23.8 Å². The van der Waals surface area contributed by atoms with E-state index in [9.17, 15) is 0 Å². The molecule has 1 aromatic heterocycles. The first-order valence-electron chi connectivity index (χ1n) is 4.32. The van der Waals surface area contributed by atoms with Crippen LogP contribution in [0, 0.1) is 0 Å². The minimum Gasteiger partial charge on any atom is -0.237 e. The number of alkyl halides is 1. The van der Waals surface area contributed by atoms with Crippen molar-refractivity contribution in [1.29, 1.82) is 0 Å². The Labute approximate surface area is 87.6 Å². The molecule has 0 bridgehead atoms. The molecule has 3 heteroatoms. The van der Waals surface area contributed by atoms with Crippen molar-refractivity contribution in [2.45, 2.75) is 5.88 Å². The number of halogens is 1. The predicted molar refractivity (Wildman–Crippen MR) is 57.0 cm³/mol. The first-order valence-corrected chi connectivity index (χ1v) is 4.86. The zero-order valence-electron chi connectivity index (χ0n) is 7.52. The summed E-state index contributed by atoms with van der Waals surface area (Å²) in [4.78, 5) is 8.34. The molecule has 14 heavy (non-hydrogen) atoms. The third-order valence-corrected chi connectivity index (χ3v) is 2.21. The average Bonchev–Trinajstić information content (AvgIpc) is 2.30. The summed E-state index contributed by atoms with van der Waals surface area (Å²) in [6.07, 6.45) is 3.46. The van der Waals surface area contributed by atoms with E-state index in [1.165, 1.54) is 0 Å². The Kier molecular flexibility index (Phi) is 2.75. The number of nitrogens with zero attached hydrogens (tertiary/aromatic N) is 2. The summed E-state index contributed by atoms with van der Waals surface area (Å²) in [5, 5.41) is 0. The molecule has 0 aliphatic heterocycles. The third kappa shape index (κ3) is 1.91. The van der Waals surface area contributed by atoms with Crippen LogP contribution in [0.15, 0.2) is 42.7 Å². The Bertz CT molecular complexity index is 415. The van der Waals surface area contributed by atoms with Crippen LogP contribution in [-0.2, 0) is 5.88 Å². The lowest BCUT2D eigenvalue weighted by Gasteiger charge is -2.00. The average molecular weight is 205 g/mol. The van der Waals surface area contributed by atoms with Crippen LogP contribution in [0.25, 0.3) is 11.4 Å². The second-order valence-corrected chi connectivity index (χ2v) is 3.17. The Morgan fingerprint density at radius 3 is 2.57 bits per heavy atom. The lowest BCUT2D eigenvalue weighted by molar-refractivity contribution is 1.17. The molecule has 0 spiro atoms. The topological polar surface area (TPSA) is 25.8 Å². The first kappa shape index (κ1) is 9.16. The number of hydrogen-bond donors (Lipinski definition) is 0. The summed E-state index contributed by atoms with van der Waals surface area (Å²) >= 11 is 5.75. The zero-order valence-corrected chi connectivity index (χ0v) is 8.28. The van der Waals surface area contributed by atoms with Crippen LogP contribution < -0.4 is 0 Å². The summed E-state index contributed by atoms with van der Waals surface area (Å²) in [6.45, 7) is 0. The molecule has 2 aromatic rings. The van der Waals surface area contributed by atoms with Crippen LogP contribution in [-0.4, -0.2) is 9.97 Å². The van der Waals surface area contributed by atoms with Crippen LogP contribution in [0.4, 0.5) is 0 Å². The highest BCUT2D eigenvalue weighted by atomic mass is 35.5. The van der Waals surface area contributed by atoms with Crippen molar-refractivity contribution in [2.75, 3.05) is 0 Å². The van der Waals surface area contributed by atoms with Gasteiger partial charge >= 0.3 is 0 Å². The molecule has 0 N–H and O–H groups in total. The third-order valence-electron chi connectivity index (χ3n) is 1.91. The first-order chi connectivity index (χ1) is 6.90. The van der Waals surface area contributed by atoms with Gasteiger partial charge in [0.15, 0.2) is 5.82 Å². The van der Waals surface area contributed by atoms with E-state index in [1.54, 1.807) is 18.5 Å². The fraction of sp³-hybridized carbons (Fsp3) is 0.0909. The SMILES string of the molecule is ClCc1cccc(-c2ncccn2)c1. The fourth-order valence-corrected chi connectivity index (χ4v) is 1.41. The van der Waals surface area contributed by atoms with E-state index in [0.29, 0.717) is 5.88 Å². The van der Waals surface area contributed by atoms with Gasteiger partial charge in [-0.3, -0.25) is 0 Å². The van der Waals surface area contributed by atoms with Crippen molar-refractivity contribution in [2.24, 2.45) is 0 Å². The smallest absolute Gasteiger partial charge is 0.159 e. The van der Waals surface area contributed by atoms with E-state index in [4.69, 9.17) is 11.6 Å². The number of hydrogen-bond acceptors (Lipinski definition) is 2. The molecule has 0 saturated carbocycles. The van der Waals surface area contributed by atoms with Gasteiger partial charge in [-0.1, -0.05) is 18.2 Å². The number of benzene rings is 1. The minimum atomic E-state index is 0.515. The molecular formula is C11H9ClN2. The zero-order chi connectivity index (χ0) is 9.80. The molecule has 0 aliphatic carbocycles. The Morgan fingerprint density at radius 1 is 1.07 bits per heavy atom. The van der Waals surface area contributed by atoms with Gasteiger partial charge in [-0.15, -0.1) is 11.6 Å². The molecule has 0 amide bonds. The largest absolute Gasteiger partial charge is 0.237 e. The second kappa shape index (κ2) is 4.20. The quantitative estimate of drug-likeness (QED) is 0.703. The van der Waals surface area contributed by atoms with E-state index in [0.717, 1.165) is 17.0 Å². The molecule has 1 aromatic carbocycles.